The van der Waals surface area contributed by atoms with E-state index in [0.717, 1.165) is 11.8 Å². The van der Waals surface area contributed by atoms with E-state index in [2.05, 4.69) is 31.9 Å². The fourth-order valence-electron chi connectivity index (χ4n) is 4.42. The molecule has 1 atom stereocenters. The summed E-state index contributed by atoms with van der Waals surface area (Å²) >= 11 is 0. The highest BCUT2D eigenvalue weighted by Gasteiger charge is 2.35. The van der Waals surface area contributed by atoms with E-state index in [4.69, 9.17) is 0 Å². The Hall–Kier alpha value is -5.18. The lowest BCUT2D eigenvalue weighted by Crippen LogP contribution is -2.57. The molecule has 0 aliphatic carbocycles. The van der Waals surface area contributed by atoms with Crippen LogP contribution >= 0.6 is 0 Å². The number of carbonyl (C=O) groups excluding carboxylic acids is 2. The number of benzene rings is 1. The molecule has 11 nitrogen and oxygen atoms in total. The first-order valence-corrected chi connectivity index (χ1v) is 11.3. The molecule has 0 unspecified atom stereocenters. The molecule has 0 saturated carbocycles. The number of amidine groups is 1. The molecule has 12 heteroatoms. The number of pyridine rings is 1. The van der Waals surface area contributed by atoms with Crippen molar-refractivity contribution in [2.24, 2.45) is 4.99 Å². The van der Waals surface area contributed by atoms with Gasteiger partial charge in [-0.1, -0.05) is 41.6 Å². The molecule has 1 fully saturated rings. The van der Waals surface area contributed by atoms with E-state index in [1.54, 1.807) is 6.08 Å². The van der Waals surface area contributed by atoms with E-state index in [9.17, 15) is 19.2 Å². The zero-order chi connectivity index (χ0) is 25.9. The first kappa shape index (κ1) is 23.6. The number of carbonyl (C=O) groups is 2. The summed E-state index contributed by atoms with van der Waals surface area (Å²) in [6, 6.07) is 8.69. The summed E-state index contributed by atoms with van der Waals surface area (Å²) < 4.78 is 16.1. The molecule has 4 heterocycles. The van der Waals surface area contributed by atoms with Crippen molar-refractivity contribution in [3.63, 3.8) is 0 Å². The lowest BCUT2D eigenvalue weighted by atomic mass is 10.1. The average Bonchev–Trinajstić information content (AvgIpc) is 3.63. The van der Waals surface area contributed by atoms with E-state index in [1.807, 2.05) is 41.4 Å². The smallest absolute Gasteiger partial charge is 0.295 e. The molecule has 184 valence electrons. The topological polar surface area (TPSA) is 136 Å². The van der Waals surface area contributed by atoms with Crippen molar-refractivity contribution in [3.05, 3.63) is 84.7 Å². The maximum Gasteiger partial charge on any atom is 0.295 e. The number of amides is 1. The monoisotopic (exact) mass is 497 g/mol. The lowest BCUT2D eigenvalue weighted by Gasteiger charge is -2.41. The molecule has 0 bridgehead atoms. The summed E-state index contributed by atoms with van der Waals surface area (Å²) in [7, 11) is 0. The van der Waals surface area contributed by atoms with Gasteiger partial charge in [-0.2, -0.15) is 10.3 Å². The van der Waals surface area contributed by atoms with Gasteiger partial charge in [0.05, 0.1) is 41.1 Å². The minimum absolute atomic E-state index is 0.0554. The number of aromatic nitrogens is 5. The Morgan fingerprint density at radius 2 is 2.08 bits per heavy atom. The molecule has 1 saturated heterocycles. The van der Waals surface area contributed by atoms with Crippen LogP contribution in [0.2, 0.25) is 0 Å². The van der Waals surface area contributed by atoms with Crippen molar-refractivity contribution >= 4 is 28.4 Å². The second kappa shape index (κ2) is 9.82. The summed E-state index contributed by atoms with van der Waals surface area (Å²) in [5, 5.41) is 16.7. The molecule has 0 radical (unpaired) electrons. The molecule has 1 amide bonds. The van der Waals surface area contributed by atoms with Gasteiger partial charge in [0.2, 0.25) is 6.19 Å². The number of piperazine rings is 1. The normalized spacial score (nSPS) is 16.0. The predicted octanol–water partition coefficient (Wildman–Crippen LogP) is 2.09. The zero-order valence-corrected chi connectivity index (χ0v) is 19.5. The minimum Gasteiger partial charge on any atom is -0.357 e. The SMILES string of the molecule is C=C[C@@H]1CN(C(=NC#N)c2ccccc2)CCN1C(=O)C(=O)c1c[nH]c2c(-n3ccnn3)ncc(F)c12. The third kappa shape index (κ3) is 4.23. The average molecular weight is 497 g/mol. The summed E-state index contributed by atoms with van der Waals surface area (Å²) in [5.74, 6) is -1.69. The van der Waals surface area contributed by atoms with Gasteiger partial charge in [-0.05, 0) is 0 Å². The summed E-state index contributed by atoms with van der Waals surface area (Å²) in [4.78, 5) is 40.8. The highest BCUT2D eigenvalue weighted by atomic mass is 19.1. The summed E-state index contributed by atoms with van der Waals surface area (Å²) in [5.41, 5.74) is 0.864. The van der Waals surface area contributed by atoms with Crippen LogP contribution in [0.1, 0.15) is 15.9 Å². The van der Waals surface area contributed by atoms with Crippen molar-refractivity contribution in [2.75, 3.05) is 19.6 Å². The number of H-pyrrole nitrogens is 1. The third-order valence-electron chi connectivity index (χ3n) is 6.16. The number of fused-ring (bicyclic) bond motifs is 1. The number of Topliss-reactive ketones (excluding diaryl/α,β-unsaturated/α-hetero) is 1. The Morgan fingerprint density at radius 3 is 2.78 bits per heavy atom. The van der Waals surface area contributed by atoms with Crippen LogP contribution in [-0.4, -0.2) is 78.0 Å². The van der Waals surface area contributed by atoms with Gasteiger partial charge in [-0.3, -0.25) is 9.59 Å². The van der Waals surface area contributed by atoms with Crippen LogP contribution in [-0.2, 0) is 4.79 Å². The number of hydrogen-bond acceptors (Lipinski definition) is 7. The molecule has 1 aliphatic rings. The van der Waals surface area contributed by atoms with E-state index in [0.29, 0.717) is 12.4 Å². The van der Waals surface area contributed by atoms with Crippen LogP contribution in [0.5, 0.6) is 0 Å². The zero-order valence-electron chi connectivity index (χ0n) is 19.5. The molecule has 1 aliphatic heterocycles. The molecule has 4 aromatic rings. The largest absolute Gasteiger partial charge is 0.357 e. The predicted molar refractivity (Wildman–Crippen MR) is 131 cm³/mol. The quantitative estimate of drug-likeness (QED) is 0.111. The maximum atomic E-state index is 14.8. The molecule has 37 heavy (non-hydrogen) atoms. The van der Waals surface area contributed by atoms with Gasteiger partial charge in [0.1, 0.15) is 5.84 Å². The standard InChI is InChI=1S/C25H20FN9O2/c1-2-17-14-33(23(30-15-27)16-6-4-3-5-7-16)10-11-34(17)25(37)22(36)18-12-28-21-20(18)19(26)13-29-24(21)35-9-8-31-32-35/h2-9,12-13,17,28H,1,10-11,14H2/t17-/m1/s1. The summed E-state index contributed by atoms with van der Waals surface area (Å²) in [6.45, 7) is 4.62. The number of ketones is 1. The van der Waals surface area contributed by atoms with Crippen LogP contribution in [0.15, 0.2) is 72.8 Å². The van der Waals surface area contributed by atoms with Crippen LogP contribution in [0.4, 0.5) is 4.39 Å². The fraction of sp³-hybridized carbons (Fsp3) is 0.160. The number of nitrogens with zero attached hydrogens (tertiary/aromatic N) is 8. The van der Waals surface area contributed by atoms with E-state index < -0.39 is 23.5 Å². The van der Waals surface area contributed by atoms with Crippen molar-refractivity contribution in [1.29, 1.82) is 5.26 Å². The molecule has 1 N–H and O–H groups in total. The van der Waals surface area contributed by atoms with Crippen LogP contribution in [0.3, 0.4) is 0 Å². The first-order valence-electron chi connectivity index (χ1n) is 11.3. The number of aromatic amines is 1. The maximum absolute atomic E-state index is 14.8. The van der Waals surface area contributed by atoms with Crippen molar-refractivity contribution in [1.82, 2.24) is 34.8 Å². The molecular formula is C25H20FN9O2. The number of halogens is 1. The van der Waals surface area contributed by atoms with Crippen LogP contribution in [0.25, 0.3) is 16.7 Å². The fourth-order valence-corrected chi connectivity index (χ4v) is 4.42. The Labute approximate surface area is 210 Å². The number of hydrogen-bond donors (Lipinski definition) is 1. The number of nitrogens with one attached hydrogen (secondary N) is 1. The van der Waals surface area contributed by atoms with Gasteiger partial charge < -0.3 is 14.8 Å². The molecule has 5 rings (SSSR count). The Balaban J connectivity index is 1.42. The van der Waals surface area contributed by atoms with Gasteiger partial charge in [-0.15, -0.1) is 11.7 Å². The second-order valence-corrected chi connectivity index (χ2v) is 8.21. The molecule has 0 spiro atoms. The second-order valence-electron chi connectivity index (χ2n) is 8.21. The summed E-state index contributed by atoms with van der Waals surface area (Å²) in [6.07, 6.45) is 8.63. The number of aliphatic imine (C=N–C) groups is 1. The molecule has 1 aromatic carbocycles. The first-order chi connectivity index (χ1) is 18.0. The van der Waals surface area contributed by atoms with Crippen molar-refractivity contribution in [3.8, 4) is 12.0 Å². The van der Waals surface area contributed by atoms with Crippen LogP contribution in [0, 0.1) is 17.3 Å². The van der Waals surface area contributed by atoms with Crippen LogP contribution < -0.4 is 0 Å². The van der Waals surface area contributed by atoms with Gasteiger partial charge in [0.15, 0.2) is 11.6 Å². The van der Waals surface area contributed by atoms with Crippen molar-refractivity contribution in [2.45, 2.75) is 6.04 Å². The van der Waals surface area contributed by atoms with E-state index in [1.165, 1.54) is 28.2 Å². The van der Waals surface area contributed by atoms with E-state index in [-0.39, 0.29) is 35.4 Å². The minimum atomic E-state index is -0.866. The molecule has 3 aromatic heterocycles. The highest BCUT2D eigenvalue weighted by molar-refractivity contribution is 6.45. The Morgan fingerprint density at radius 1 is 1.27 bits per heavy atom. The lowest BCUT2D eigenvalue weighted by molar-refractivity contribution is -0.129. The Kier molecular flexibility index (Phi) is 6.25. The van der Waals surface area contributed by atoms with Crippen molar-refractivity contribution < 1.29 is 14.0 Å². The Bertz CT molecular complexity index is 1550. The van der Waals surface area contributed by atoms with Gasteiger partial charge >= 0.3 is 0 Å². The number of nitriles is 1. The van der Waals surface area contributed by atoms with Gasteiger partial charge in [0, 0.05) is 31.4 Å². The number of rotatable bonds is 5. The molecular weight excluding hydrogens is 477 g/mol. The third-order valence-corrected chi connectivity index (χ3v) is 6.16. The highest BCUT2D eigenvalue weighted by Crippen LogP contribution is 2.27. The van der Waals surface area contributed by atoms with Gasteiger partial charge in [-0.25, -0.2) is 14.1 Å². The van der Waals surface area contributed by atoms with E-state index >= 15 is 0 Å². The van der Waals surface area contributed by atoms with Gasteiger partial charge in [0.25, 0.3) is 11.7 Å².